The highest BCUT2D eigenvalue weighted by Crippen LogP contribution is 2.28. The summed E-state index contributed by atoms with van der Waals surface area (Å²) in [7, 11) is 4.06. The molecule has 3 aromatic rings. The number of fused-ring (bicyclic) bond motifs is 1. The lowest BCUT2D eigenvalue weighted by Crippen LogP contribution is -2.32. The van der Waals surface area contributed by atoms with Crippen LogP contribution in [0.5, 0.6) is 0 Å². The molecule has 2 heterocycles. The lowest BCUT2D eigenvalue weighted by molar-refractivity contribution is 0.327. The van der Waals surface area contributed by atoms with E-state index in [9.17, 15) is 0 Å². The molecule has 1 saturated carbocycles. The summed E-state index contributed by atoms with van der Waals surface area (Å²) in [6, 6.07) is 12.5. The number of benzene rings is 1. The van der Waals surface area contributed by atoms with Gasteiger partial charge in [0.15, 0.2) is 0 Å². The van der Waals surface area contributed by atoms with Crippen molar-refractivity contribution in [1.82, 2.24) is 15.3 Å². The molecule has 31 heavy (non-hydrogen) atoms. The number of para-hydroxylation sites is 1. The standard InChI is InChI=1S/C25H33N5O/c1-18(15-21-7-6-14-31-21)16-26-17-19-10-12-20(13-11-19)27-25-28-23-9-5-4-8-22(23)24(29-25)30(2)3/h4-9,14-15,19-20,26H,10-13,16-17H2,1-3H3,(H,27,28,29)/b18-15+/t19-,20+. The van der Waals surface area contributed by atoms with Crippen LogP contribution in [-0.4, -0.2) is 43.2 Å². The van der Waals surface area contributed by atoms with Gasteiger partial charge in [-0.3, -0.25) is 0 Å². The van der Waals surface area contributed by atoms with Crippen molar-refractivity contribution in [3.63, 3.8) is 0 Å². The maximum atomic E-state index is 5.38. The van der Waals surface area contributed by atoms with Gasteiger partial charge in [-0.2, -0.15) is 4.98 Å². The van der Waals surface area contributed by atoms with Crippen molar-refractivity contribution in [3.8, 4) is 0 Å². The molecule has 0 aliphatic heterocycles. The first kappa shape index (κ1) is 21.4. The average molecular weight is 420 g/mol. The van der Waals surface area contributed by atoms with Gasteiger partial charge in [0.1, 0.15) is 11.6 Å². The van der Waals surface area contributed by atoms with Crippen LogP contribution in [0.3, 0.4) is 0 Å². The van der Waals surface area contributed by atoms with E-state index in [0.29, 0.717) is 6.04 Å². The lowest BCUT2D eigenvalue weighted by atomic mass is 9.86. The van der Waals surface area contributed by atoms with Crippen molar-refractivity contribution < 1.29 is 4.42 Å². The molecule has 0 amide bonds. The van der Waals surface area contributed by atoms with Gasteiger partial charge in [0.2, 0.25) is 5.95 Å². The third-order valence-corrected chi connectivity index (χ3v) is 5.96. The summed E-state index contributed by atoms with van der Waals surface area (Å²) >= 11 is 0. The van der Waals surface area contributed by atoms with Gasteiger partial charge in [-0.15, -0.1) is 0 Å². The quantitative estimate of drug-likeness (QED) is 0.538. The maximum absolute atomic E-state index is 5.38. The second kappa shape index (κ2) is 9.96. The smallest absolute Gasteiger partial charge is 0.225 e. The predicted octanol–water partition coefficient (Wildman–Crippen LogP) is 4.95. The van der Waals surface area contributed by atoms with E-state index in [1.54, 1.807) is 6.26 Å². The number of rotatable bonds is 8. The fourth-order valence-electron chi connectivity index (χ4n) is 4.30. The van der Waals surface area contributed by atoms with E-state index in [1.807, 2.05) is 38.4 Å². The van der Waals surface area contributed by atoms with Gasteiger partial charge in [0.05, 0.1) is 11.8 Å². The summed E-state index contributed by atoms with van der Waals surface area (Å²) in [5.41, 5.74) is 2.27. The molecule has 0 atom stereocenters. The summed E-state index contributed by atoms with van der Waals surface area (Å²) in [5.74, 6) is 3.34. The average Bonchev–Trinajstić information content (AvgIpc) is 3.27. The van der Waals surface area contributed by atoms with Crippen molar-refractivity contribution in [1.29, 1.82) is 0 Å². The summed E-state index contributed by atoms with van der Waals surface area (Å²) in [6.07, 6.45) is 8.56. The molecule has 6 heteroatoms. The Balaban J connectivity index is 1.27. The molecular weight excluding hydrogens is 386 g/mol. The molecule has 1 aliphatic rings. The molecule has 1 aliphatic carbocycles. The van der Waals surface area contributed by atoms with E-state index in [-0.39, 0.29) is 0 Å². The number of hydrogen-bond donors (Lipinski definition) is 2. The van der Waals surface area contributed by atoms with Crippen LogP contribution in [-0.2, 0) is 0 Å². The highest BCUT2D eigenvalue weighted by atomic mass is 16.3. The first-order valence-corrected chi connectivity index (χ1v) is 11.2. The van der Waals surface area contributed by atoms with E-state index >= 15 is 0 Å². The Morgan fingerprint density at radius 2 is 1.90 bits per heavy atom. The van der Waals surface area contributed by atoms with Gasteiger partial charge in [-0.05, 0) is 75.4 Å². The van der Waals surface area contributed by atoms with Gasteiger partial charge in [-0.25, -0.2) is 4.98 Å². The Morgan fingerprint density at radius 3 is 2.65 bits per heavy atom. The summed E-state index contributed by atoms with van der Waals surface area (Å²) < 4.78 is 5.38. The number of nitrogens with zero attached hydrogens (tertiary/aromatic N) is 3. The van der Waals surface area contributed by atoms with Gasteiger partial charge >= 0.3 is 0 Å². The topological polar surface area (TPSA) is 66.2 Å². The first-order valence-electron chi connectivity index (χ1n) is 11.2. The van der Waals surface area contributed by atoms with Crippen molar-refractivity contribution >= 4 is 28.7 Å². The molecule has 0 radical (unpaired) electrons. The fraction of sp³-hybridized carbons (Fsp3) is 0.440. The van der Waals surface area contributed by atoms with E-state index in [1.165, 1.54) is 18.4 Å². The minimum Gasteiger partial charge on any atom is -0.465 e. The largest absolute Gasteiger partial charge is 0.465 e. The van der Waals surface area contributed by atoms with Crippen molar-refractivity contribution in [3.05, 3.63) is 54.0 Å². The molecule has 1 fully saturated rings. The Morgan fingerprint density at radius 1 is 1.10 bits per heavy atom. The third-order valence-electron chi connectivity index (χ3n) is 5.96. The molecule has 1 aromatic carbocycles. The van der Waals surface area contributed by atoms with Crippen LogP contribution in [0.2, 0.25) is 0 Å². The lowest BCUT2D eigenvalue weighted by Gasteiger charge is -2.29. The second-order valence-electron chi connectivity index (χ2n) is 8.78. The Labute approximate surface area is 184 Å². The van der Waals surface area contributed by atoms with Crippen LogP contribution >= 0.6 is 0 Å². The second-order valence-corrected chi connectivity index (χ2v) is 8.78. The van der Waals surface area contributed by atoms with Gasteiger partial charge < -0.3 is 20.0 Å². The van der Waals surface area contributed by atoms with Crippen LogP contribution in [0.1, 0.15) is 38.4 Å². The number of aromatic nitrogens is 2. The van der Waals surface area contributed by atoms with Gasteiger partial charge in [0, 0.05) is 32.1 Å². The summed E-state index contributed by atoms with van der Waals surface area (Å²) in [5, 5.41) is 8.30. The van der Waals surface area contributed by atoms with E-state index in [0.717, 1.165) is 60.3 Å². The zero-order chi connectivity index (χ0) is 21.6. The van der Waals surface area contributed by atoms with Crippen molar-refractivity contribution in [2.45, 2.75) is 38.6 Å². The number of nitrogens with one attached hydrogen (secondary N) is 2. The monoisotopic (exact) mass is 419 g/mol. The summed E-state index contributed by atoms with van der Waals surface area (Å²) in [4.78, 5) is 11.6. The molecule has 2 N–H and O–H groups in total. The minimum atomic E-state index is 0.438. The molecule has 4 rings (SSSR count). The first-order chi connectivity index (χ1) is 15.1. The molecule has 0 unspecified atom stereocenters. The third kappa shape index (κ3) is 5.64. The zero-order valence-electron chi connectivity index (χ0n) is 18.8. The Kier molecular flexibility index (Phi) is 6.87. The number of anilines is 2. The van der Waals surface area contributed by atoms with Crippen LogP contribution in [0.4, 0.5) is 11.8 Å². The highest BCUT2D eigenvalue weighted by Gasteiger charge is 2.22. The normalized spacial score (nSPS) is 19.5. The maximum Gasteiger partial charge on any atom is 0.225 e. The van der Waals surface area contributed by atoms with E-state index in [2.05, 4.69) is 40.7 Å². The van der Waals surface area contributed by atoms with Crippen molar-refractivity contribution in [2.24, 2.45) is 5.92 Å². The molecule has 2 aromatic heterocycles. The number of hydrogen-bond acceptors (Lipinski definition) is 6. The van der Waals surface area contributed by atoms with Crippen LogP contribution in [0, 0.1) is 5.92 Å². The minimum absolute atomic E-state index is 0.438. The van der Waals surface area contributed by atoms with Gasteiger partial charge in [-0.1, -0.05) is 17.7 Å². The Bertz CT molecular complexity index is 1000. The Hall–Kier alpha value is -2.86. The molecule has 6 nitrogen and oxygen atoms in total. The van der Waals surface area contributed by atoms with E-state index < -0.39 is 0 Å². The van der Waals surface area contributed by atoms with Crippen LogP contribution in [0.25, 0.3) is 17.0 Å². The molecule has 0 spiro atoms. The predicted molar refractivity (Wildman–Crippen MR) is 128 cm³/mol. The van der Waals surface area contributed by atoms with Gasteiger partial charge in [0.25, 0.3) is 0 Å². The molecule has 164 valence electrons. The summed E-state index contributed by atoms with van der Waals surface area (Å²) in [6.45, 7) is 4.10. The highest BCUT2D eigenvalue weighted by molar-refractivity contribution is 5.90. The van der Waals surface area contributed by atoms with Crippen LogP contribution in [0.15, 0.2) is 52.7 Å². The zero-order valence-corrected chi connectivity index (χ0v) is 18.8. The SMILES string of the molecule is C/C(=C\c1ccco1)CNC[C@H]1CC[C@@H](Nc2nc(N(C)C)c3ccccc3n2)CC1. The fourth-order valence-corrected chi connectivity index (χ4v) is 4.30. The molecule has 0 bridgehead atoms. The van der Waals surface area contributed by atoms with Crippen LogP contribution < -0.4 is 15.5 Å². The molecule has 0 saturated heterocycles. The molecular formula is C25H33N5O. The van der Waals surface area contributed by atoms with E-state index in [4.69, 9.17) is 14.4 Å². The van der Waals surface area contributed by atoms with Crippen molar-refractivity contribution in [2.75, 3.05) is 37.4 Å². The number of furan rings is 1.